The number of hydrogen-bond donors (Lipinski definition) is 1. The second-order valence-corrected chi connectivity index (χ2v) is 4.41. The van der Waals surface area contributed by atoms with Crippen LogP contribution in [0.15, 0.2) is 6.20 Å². The summed E-state index contributed by atoms with van der Waals surface area (Å²) in [7, 11) is 0. The summed E-state index contributed by atoms with van der Waals surface area (Å²) in [5, 5.41) is 0. The number of aryl methyl sites for hydroxylation is 1. The topological polar surface area (TPSA) is 31.9 Å². The van der Waals surface area contributed by atoms with E-state index < -0.39 is 0 Å². The van der Waals surface area contributed by atoms with Crippen LogP contribution < -0.4 is 4.90 Å². The molecule has 2 heterocycles. The van der Waals surface area contributed by atoms with Crippen LogP contribution in [0.25, 0.3) is 0 Å². The molecular weight excluding hydrogens is 150 g/mol. The highest BCUT2D eigenvalue weighted by Gasteiger charge is 2.35. The Morgan fingerprint density at radius 2 is 2.17 bits per heavy atom. The molecule has 1 aliphatic heterocycles. The number of nitrogens with zero attached hydrogens (tertiary/aromatic N) is 2. The van der Waals surface area contributed by atoms with Crippen LogP contribution in [0.1, 0.15) is 19.5 Å². The maximum atomic E-state index is 4.27. The maximum absolute atomic E-state index is 4.27. The van der Waals surface area contributed by atoms with Crippen LogP contribution >= 0.6 is 0 Å². The molecule has 0 amide bonds. The van der Waals surface area contributed by atoms with Gasteiger partial charge in [-0.3, -0.25) is 0 Å². The Balaban J connectivity index is 2.06. The minimum atomic E-state index is 0.473. The van der Waals surface area contributed by atoms with Gasteiger partial charge < -0.3 is 9.88 Å². The fourth-order valence-corrected chi connectivity index (χ4v) is 1.70. The van der Waals surface area contributed by atoms with Gasteiger partial charge in [-0.2, -0.15) is 0 Å². The van der Waals surface area contributed by atoms with E-state index in [1.54, 1.807) is 0 Å². The van der Waals surface area contributed by atoms with Crippen molar-refractivity contribution in [1.29, 1.82) is 0 Å². The quantitative estimate of drug-likeness (QED) is 0.685. The molecule has 0 atom stereocenters. The second-order valence-electron chi connectivity index (χ2n) is 4.41. The molecule has 1 aliphatic rings. The van der Waals surface area contributed by atoms with Gasteiger partial charge in [0.05, 0.1) is 0 Å². The van der Waals surface area contributed by atoms with Gasteiger partial charge in [0, 0.05) is 25.0 Å². The van der Waals surface area contributed by atoms with Crippen LogP contribution in [0.4, 0.5) is 5.95 Å². The maximum Gasteiger partial charge on any atom is 0.202 e. The normalized spacial score (nSPS) is 20.8. The third kappa shape index (κ3) is 1.19. The number of imidazole rings is 1. The van der Waals surface area contributed by atoms with Crippen molar-refractivity contribution in [2.24, 2.45) is 5.41 Å². The van der Waals surface area contributed by atoms with E-state index in [4.69, 9.17) is 0 Å². The van der Waals surface area contributed by atoms with Crippen molar-refractivity contribution in [3.8, 4) is 0 Å². The first-order valence-electron chi connectivity index (χ1n) is 4.33. The Kier molecular flexibility index (Phi) is 1.43. The average Bonchev–Trinajstić information content (AvgIpc) is 2.30. The summed E-state index contributed by atoms with van der Waals surface area (Å²) in [5.74, 6) is 1.02. The van der Waals surface area contributed by atoms with Gasteiger partial charge in [0.15, 0.2) is 0 Å². The summed E-state index contributed by atoms with van der Waals surface area (Å²) in [6, 6.07) is 0. The summed E-state index contributed by atoms with van der Waals surface area (Å²) in [6.07, 6.45) is 1.88. The first-order chi connectivity index (χ1) is 5.57. The summed E-state index contributed by atoms with van der Waals surface area (Å²) in [6.45, 7) is 8.81. The highest BCUT2D eigenvalue weighted by Crippen LogP contribution is 2.31. The Bertz CT molecular complexity index is 280. The molecule has 0 saturated carbocycles. The zero-order valence-corrected chi connectivity index (χ0v) is 7.89. The molecule has 3 heteroatoms. The van der Waals surface area contributed by atoms with Gasteiger partial charge in [-0.25, -0.2) is 4.98 Å². The van der Waals surface area contributed by atoms with E-state index in [9.17, 15) is 0 Å². The van der Waals surface area contributed by atoms with Crippen molar-refractivity contribution in [3.05, 3.63) is 11.9 Å². The molecule has 2 rings (SSSR count). The molecule has 66 valence electrons. The zero-order valence-electron chi connectivity index (χ0n) is 7.89. The summed E-state index contributed by atoms with van der Waals surface area (Å²) < 4.78 is 0. The molecule has 1 aromatic heterocycles. The Labute approximate surface area is 72.8 Å². The summed E-state index contributed by atoms with van der Waals surface area (Å²) in [4.78, 5) is 9.78. The number of H-pyrrole nitrogens is 1. The molecular formula is C9H15N3. The molecule has 0 spiro atoms. The Hall–Kier alpha value is -0.990. The van der Waals surface area contributed by atoms with Gasteiger partial charge in [-0.15, -0.1) is 0 Å². The standard InChI is InChI=1S/C9H15N3/c1-7-4-10-8(11-7)12-5-9(2,3)6-12/h4H,5-6H2,1-3H3,(H,10,11). The Morgan fingerprint density at radius 1 is 1.50 bits per heavy atom. The van der Waals surface area contributed by atoms with Crippen LogP contribution in [-0.2, 0) is 0 Å². The molecule has 3 nitrogen and oxygen atoms in total. The molecule has 0 unspecified atom stereocenters. The van der Waals surface area contributed by atoms with Gasteiger partial charge in [-0.05, 0) is 12.3 Å². The van der Waals surface area contributed by atoms with Crippen LogP contribution in [0.2, 0.25) is 0 Å². The van der Waals surface area contributed by atoms with Crippen molar-refractivity contribution in [2.75, 3.05) is 18.0 Å². The van der Waals surface area contributed by atoms with Gasteiger partial charge in [0.1, 0.15) is 0 Å². The lowest BCUT2D eigenvalue weighted by Crippen LogP contribution is -2.53. The minimum absolute atomic E-state index is 0.473. The molecule has 0 aromatic carbocycles. The van der Waals surface area contributed by atoms with Crippen molar-refractivity contribution in [3.63, 3.8) is 0 Å². The molecule has 0 bridgehead atoms. The fourth-order valence-electron chi connectivity index (χ4n) is 1.70. The van der Waals surface area contributed by atoms with E-state index in [-0.39, 0.29) is 0 Å². The van der Waals surface area contributed by atoms with E-state index >= 15 is 0 Å². The molecule has 1 aromatic rings. The Morgan fingerprint density at radius 3 is 2.58 bits per heavy atom. The lowest BCUT2D eigenvalue weighted by Gasteiger charge is -2.45. The molecule has 1 N–H and O–H groups in total. The largest absolute Gasteiger partial charge is 0.341 e. The number of anilines is 1. The van der Waals surface area contributed by atoms with E-state index in [1.807, 2.05) is 13.1 Å². The van der Waals surface area contributed by atoms with E-state index in [0.717, 1.165) is 24.7 Å². The lowest BCUT2D eigenvalue weighted by molar-refractivity contribution is 0.273. The molecule has 1 fully saturated rings. The van der Waals surface area contributed by atoms with Gasteiger partial charge in [0.25, 0.3) is 0 Å². The monoisotopic (exact) mass is 165 g/mol. The predicted octanol–water partition coefficient (Wildman–Crippen LogP) is 1.56. The number of rotatable bonds is 1. The van der Waals surface area contributed by atoms with E-state index in [0.29, 0.717) is 5.41 Å². The van der Waals surface area contributed by atoms with Crippen molar-refractivity contribution in [2.45, 2.75) is 20.8 Å². The summed E-state index contributed by atoms with van der Waals surface area (Å²) >= 11 is 0. The van der Waals surface area contributed by atoms with Crippen LogP contribution in [0, 0.1) is 12.3 Å². The number of aromatic nitrogens is 2. The molecule has 0 radical (unpaired) electrons. The number of nitrogens with one attached hydrogen (secondary N) is 1. The number of aromatic amines is 1. The smallest absolute Gasteiger partial charge is 0.202 e. The average molecular weight is 165 g/mol. The zero-order chi connectivity index (χ0) is 8.77. The second kappa shape index (κ2) is 2.25. The highest BCUT2D eigenvalue weighted by molar-refractivity contribution is 5.36. The molecule has 12 heavy (non-hydrogen) atoms. The molecule has 0 aliphatic carbocycles. The SMILES string of the molecule is Cc1cnc(N2CC(C)(C)C2)[nH]1. The van der Waals surface area contributed by atoms with Gasteiger partial charge in [-0.1, -0.05) is 13.8 Å². The van der Waals surface area contributed by atoms with E-state index in [2.05, 4.69) is 28.7 Å². The fraction of sp³-hybridized carbons (Fsp3) is 0.667. The first kappa shape index (κ1) is 7.65. The minimum Gasteiger partial charge on any atom is -0.341 e. The number of hydrogen-bond acceptors (Lipinski definition) is 2. The van der Waals surface area contributed by atoms with Crippen LogP contribution in [0.3, 0.4) is 0 Å². The van der Waals surface area contributed by atoms with Crippen LogP contribution in [0.5, 0.6) is 0 Å². The summed E-state index contributed by atoms with van der Waals surface area (Å²) in [5.41, 5.74) is 1.61. The van der Waals surface area contributed by atoms with Crippen molar-refractivity contribution >= 4 is 5.95 Å². The van der Waals surface area contributed by atoms with Crippen LogP contribution in [-0.4, -0.2) is 23.1 Å². The predicted molar refractivity (Wildman–Crippen MR) is 49.3 cm³/mol. The van der Waals surface area contributed by atoms with Crippen molar-refractivity contribution in [1.82, 2.24) is 9.97 Å². The third-order valence-corrected chi connectivity index (χ3v) is 2.23. The first-order valence-corrected chi connectivity index (χ1v) is 4.33. The highest BCUT2D eigenvalue weighted by atomic mass is 15.3. The lowest BCUT2D eigenvalue weighted by atomic mass is 9.85. The van der Waals surface area contributed by atoms with E-state index in [1.165, 1.54) is 0 Å². The van der Waals surface area contributed by atoms with Gasteiger partial charge >= 0.3 is 0 Å². The third-order valence-electron chi connectivity index (χ3n) is 2.23. The van der Waals surface area contributed by atoms with Crippen molar-refractivity contribution < 1.29 is 0 Å². The molecule has 1 saturated heterocycles. The van der Waals surface area contributed by atoms with Gasteiger partial charge in [0.2, 0.25) is 5.95 Å².